The summed E-state index contributed by atoms with van der Waals surface area (Å²) in [7, 11) is 0. The van der Waals surface area contributed by atoms with Crippen molar-refractivity contribution in [2.45, 2.75) is 23.3 Å². The van der Waals surface area contributed by atoms with Crippen LogP contribution in [0.2, 0.25) is 0 Å². The Labute approximate surface area is 135 Å². The Balaban J connectivity index is 1.44. The number of ether oxygens (including phenoxy) is 1. The van der Waals surface area contributed by atoms with Crippen LogP contribution in [0.25, 0.3) is 10.2 Å². The number of nitrogens with zero attached hydrogens (tertiary/aromatic N) is 1. The molecule has 1 aromatic heterocycles. The standard InChI is InChI=1S/C14H15N3O3S2/c18-12(16-17-13(19)10-5-3-7-20-10)8-21-14-15-9-4-1-2-6-11(9)22-14/h1-2,4,6,10H,3,5,7-8H2,(H,16,18)(H,17,19). The highest BCUT2D eigenvalue weighted by molar-refractivity contribution is 8.01. The number of hydrogen-bond acceptors (Lipinski definition) is 6. The van der Waals surface area contributed by atoms with Gasteiger partial charge in [-0.2, -0.15) is 0 Å². The lowest BCUT2D eigenvalue weighted by molar-refractivity contribution is -0.134. The highest BCUT2D eigenvalue weighted by Crippen LogP contribution is 2.28. The minimum Gasteiger partial charge on any atom is -0.368 e. The van der Waals surface area contributed by atoms with E-state index >= 15 is 0 Å². The van der Waals surface area contributed by atoms with Crippen LogP contribution in [-0.2, 0) is 14.3 Å². The fourth-order valence-electron chi connectivity index (χ4n) is 2.07. The molecule has 2 N–H and O–H groups in total. The first-order valence-corrected chi connectivity index (χ1v) is 8.71. The zero-order valence-electron chi connectivity index (χ0n) is 11.7. The zero-order chi connectivity index (χ0) is 15.4. The van der Waals surface area contributed by atoms with Crippen molar-refractivity contribution < 1.29 is 14.3 Å². The van der Waals surface area contributed by atoms with Crippen LogP contribution in [0.1, 0.15) is 12.8 Å². The van der Waals surface area contributed by atoms with Crippen molar-refractivity contribution in [1.29, 1.82) is 0 Å². The number of thiazole rings is 1. The fourth-order valence-corrected chi connectivity index (χ4v) is 3.94. The largest absolute Gasteiger partial charge is 0.368 e. The summed E-state index contributed by atoms with van der Waals surface area (Å²) in [6.07, 6.45) is 1.12. The molecular formula is C14H15N3O3S2. The lowest BCUT2D eigenvalue weighted by Gasteiger charge is -2.10. The van der Waals surface area contributed by atoms with Crippen LogP contribution >= 0.6 is 23.1 Å². The molecule has 3 rings (SSSR count). The molecule has 8 heteroatoms. The lowest BCUT2D eigenvalue weighted by atomic mass is 10.2. The number of carbonyl (C=O) groups excluding carboxylic acids is 2. The van der Waals surface area contributed by atoms with E-state index in [2.05, 4.69) is 15.8 Å². The van der Waals surface area contributed by atoms with Gasteiger partial charge in [-0.15, -0.1) is 11.3 Å². The van der Waals surface area contributed by atoms with E-state index in [9.17, 15) is 9.59 Å². The number of hydrazine groups is 1. The Bertz CT molecular complexity index is 650. The van der Waals surface area contributed by atoms with Crippen LogP contribution in [0.5, 0.6) is 0 Å². The van der Waals surface area contributed by atoms with Gasteiger partial charge in [-0.3, -0.25) is 20.4 Å². The van der Waals surface area contributed by atoms with Gasteiger partial charge >= 0.3 is 0 Å². The van der Waals surface area contributed by atoms with Crippen molar-refractivity contribution in [1.82, 2.24) is 15.8 Å². The van der Waals surface area contributed by atoms with Crippen molar-refractivity contribution in [3.63, 3.8) is 0 Å². The highest BCUT2D eigenvalue weighted by atomic mass is 32.2. The number of benzene rings is 1. The monoisotopic (exact) mass is 337 g/mol. The second-order valence-electron chi connectivity index (χ2n) is 4.78. The second kappa shape index (κ2) is 7.08. The summed E-state index contributed by atoms with van der Waals surface area (Å²) in [5.74, 6) is -0.363. The van der Waals surface area contributed by atoms with Gasteiger partial charge in [0.15, 0.2) is 4.34 Å². The first kappa shape index (κ1) is 15.3. The Kier molecular flexibility index (Phi) is 4.91. The second-order valence-corrected chi connectivity index (χ2v) is 7.03. The molecule has 0 saturated carbocycles. The number of amides is 2. The number of aromatic nitrogens is 1. The Hall–Kier alpha value is -1.64. The maximum atomic E-state index is 11.7. The molecule has 6 nitrogen and oxygen atoms in total. The smallest absolute Gasteiger partial charge is 0.267 e. The number of hydrogen-bond donors (Lipinski definition) is 2. The summed E-state index contributed by atoms with van der Waals surface area (Å²) in [6.45, 7) is 0.597. The summed E-state index contributed by atoms with van der Waals surface area (Å²) < 4.78 is 7.16. The van der Waals surface area contributed by atoms with Crippen molar-refractivity contribution in [3.8, 4) is 0 Å². The number of para-hydroxylation sites is 1. The molecule has 2 aromatic rings. The molecule has 22 heavy (non-hydrogen) atoms. The van der Waals surface area contributed by atoms with Crippen molar-refractivity contribution in [2.75, 3.05) is 12.4 Å². The average Bonchev–Trinajstić information content (AvgIpc) is 3.19. The summed E-state index contributed by atoms with van der Waals surface area (Å²) in [5.41, 5.74) is 5.73. The minimum atomic E-state index is -0.447. The molecule has 0 bridgehead atoms. The molecule has 1 saturated heterocycles. The van der Waals surface area contributed by atoms with E-state index in [-0.39, 0.29) is 17.6 Å². The third-order valence-corrected chi connectivity index (χ3v) is 5.33. The van der Waals surface area contributed by atoms with E-state index in [4.69, 9.17) is 4.74 Å². The molecule has 1 aliphatic heterocycles. The number of nitrogens with one attached hydrogen (secondary N) is 2. The van der Waals surface area contributed by atoms with Gasteiger partial charge in [-0.1, -0.05) is 23.9 Å². The highest BCUT2D eigenvalue weighted by Gasteiger charge is 2.23. The molecule has 2 heterocycles. The first-order chi connectivity index (χ1) is 10.7. The molecule has 0 radical (unpaired) electrons. The predicted octanol–water partition coefficient (Wildman–Crippen LogP) is 1.71. The van der Waals surface area contributed by atoms with Gasteiger partial charge < -0.3 is 4.74 Å². The molecule has 1 fully saturated rings. The van der Waals surface area contributed by atoms with Crippen LogP contribution in [0.15, 0.2) is 28.6 Å². The number of rotatable bonds is 4. The van der Waals surface area contributed by atoms with Gasteiger partial charge in [-0.05, 0) is 25.0 Å². The molecule has 0 spiro atoms. The van der Waals surface area contributed by atoms with Gasteiger partial charge in [0.1, 0.15) is 6.10 Å². The Morgan fingerprint density at radius 3 is 3.00 bits per heavy atom. The number of carbonyl (C=O) groups is 2. The molecule has 1 atom stereocenters. The summed E-state index contributed by atoms with van der Waals surface area (Å²) in [4.78, 5) is 27.9. The molecule has 1 unspecified atom stereocenters. The van der Waals surface area contributed by atoms with E-state index < -0.39 is 6.10 Å². The molecule has 2 amide bonds. The average molecular weight is 337 g/mol. The van der Waals surface area contributed by atoms with Crippen molar-refractivity contribution >= 4 is 45.1 Å². The van der Waals surface area contributed by atoms with Crippen LogP contribution < -0.4 is 10.9 Å². The fraction of sp³-hybridized carbons (Fsp3) is 0.357. The van der Waals surface area contributed by atoms with Crippen LogP contribution in [-0.4, -0.2) is 35.3 Å². The van der Waals surface area contributed by atoms with Gasteiger partial charge in [0.25, 0.3) is 5.91 Å². The molecule has 116 valence electrons. The predicted molar refractivity (Wildman–Crippen MR) is 85.6 cm³/mol. The quantitative estimate of drug-likeness (QED) is 0.656. The van der Waals surface area contributed by atoms with Gasteiger partial charge in [-0.25, -0.2) is 4.98 Å². The first-order valence-electron chi connectivity index (χ1n) is 6.91. The minimum absolute atomic E-state index is 0.200. The van der Waals surface area contributed by atoms with Crippen LogP contribution in [0.4, 0.5) is 0 Å². The summed E-state index contributed by atoms with van der Waals surface area (Å²) in [6, 6.07) is 7.84. The van der Waals surface area contributed by atoms with E-state index in [1.165, 1.54) is 11.8 Å². The lowest BCUT2D eigenvalue weighted by Crippen LogP contribution is -2.46. The van der Waals surface area contributed by atoms with E-state index in [0.29, 0.717) is 13.0 Å². The van der Waals surface area contributed by atoms with E-state index in [1.54, 1.807) is 11.3 Å². The summed E-state index contributed by atoms with van der Waals surface area (Å²) >= 11 is 2.90. The third-order valence-electron chi connectivity index (χ3n) is 3.15. The van der Waals surface area contributed by atoms with E-state index in [1.807, 2.05) is 24.3 Å². The zero-order valence-corrected chi connectivity index (χ0v) is 13.3. The van der Waals surface area contributed by atoms with Gasteiger partial charge in [0.2, 0.25) is 5.91 Å². The van der Waals surface area contributed by atoms with Gasteiger partial charge in [0.05, 0.1) is 16.0 Å². The maximum Gasteiger partial charge on any atom is 0.267 e. The summed E-state index contributed by atoms with van der Waals surface area (Å²) in [5, 5.41) is 0. The molecule has 1 aromatic carbocycles. The van der Waals surface area contributed by atoms with Crippen molar-refractivity contribution in [2.24, 2.45) is 0 Å². The maximum absolute atomic E-state index is 11.7. The SMILES string of the molecule is O=C(CSc1nc2ccccc2s1)NNC(=O)C1CCCO1. The number of thioether (sulfide) groups is 1. The molecule has 0 aliphatic carbocycles. The van der Waals surface area contributed by atoms with Crippen LogP contribution in [0.3, 0.4) is 0 Å². The molecular weight excluding hydrogens is 322 g/mol. The Morgan fingerprint density at radius 2 is 2.23 bits per heavy atom. The molecule has 1 aliphatic rings. The topological polar surface area (TPSA) is 80.3 Å². The number of fused-ring (bicyclic) bond motifs is 1. The normalized spacial score (nSPS) is 17.5. The third kappa shape index (κ3) is 3.76. The van der Waals surface area contributed by atoms with Gasteiger partial charge in [0, 0.05) is 6.61 Å². The van der Waals surface area contributed by atoms with Crippen molar-refractivity contribution in [3.05, 3.63) is 24.3 Å². The Morgan fingerprint density at radius 1 is 1.36 bits per heavy atom. The van der Waals surface area contributed by atoms with Crippen LogP contribution in [0, 0.1) is 0 Å². The van der Waals surface area contributed by atoms with E-state index in [0.717, 1.165) is 21.0 Å².